The van der Waals surface area contributed by atoms with E-state index in [0.29, 0.717) is 13.2 Å². The predicted octanol–water partition coefficient (Wildman–Crippen LogP) is 2.92. The Bertz CT molecular complexity index is 571. The van der Waals surface area contributed by atoms with Gasteiger partial charge >= 0.3 is 0 Å². The third-order valence-electron chi connectivity index (χ3n) is 3.16. The Kier molecular flexibility index (Phi) is 5.60. The van der Waals surface area contributed by atoms with Crippen LogP contribution in [-0.4, -0.2) is 20.8 Å². The molecule has 4 heteroatoms. The van der Waals surface area contributed by atoms with Crippen molar-refractivity contribution < 1.29 is 14.2 Å². The molecule has 0 aliphatic heterocycles. The molecule has 1 atom stereocenters. The van der Waals surface area contributed by atoms with E-state index in [2.05, 4.69) is 0 Å². The Balaban J connectivity index is 1.96. The van der Waals surface area contributed by atoms with Crippen LogP contribution in [-0.2, 0) is 11.3 Å². The molecule has 1 unspecified atom stereocenters. The molecule has 0 aliphatic carbocycles. The molecule has 112 valence electrons. The van der Waals surface area contributed by atoms with Crippen LogP contribution in [0.3, 0.4) is 0 Å². The van der Waals surface area contributed by atoms with Gasteiger partial charge in [0.2, 0.25) is 0 Å². The first-order valence-electron chi connectivity index (χ1n) is 6.83. The summed E-state index contributed by atoms with van der Waals surface area (Å²) in [5.41, 5.74) is 8.22. The molecular weight excluding hydrogens is 266 g/mol. The largest absolute Gasteiger partial charge is 0.497 e. The number of methoxy groups -OCH3 is 2. The molecule has 2 aromatic carbocycles. The van der Waals surface area contributed by atoms with Gasteiger partial charge in [0.15, 0.2) is 0 Å². The molecule has 0 radical (unpaired) electrons. The summed E-state index contributed by atoms with van der Waals surface area (Å²) in [4.78, 5) is 0. The van der Waals surface area contributed by atoms with Gasteiger partial charge in [0.05, 0.1) is 19.8 Å². The van der Waals surface area contributed by atoms with Crippen LogP contribution in [0.5, 0.6) is 11.5 Å². The van der Waals surface area contributed by atoms with Crippen LogP contribution in [0.2, 0.25) is 0 Å². The number of nitrogens with two attached hydrogens (primary N) is 1. The minimum Gasteiger partial charge on any atom is -0.497 e. The predicted molar refractivity (Wildman–Crippen MR) is 82.6 cm³/mol. The van der Waals surface area contributed by atoms with Gasteiger partial charge in [-0.1, -0.05) is 24.3 Å². The fourth-order valence-corrected chi connectivity index (χ4v) is 2.05. The molecule has 0 saturated carbocycles. The van der Waals surface area contributed by atoms with Gasteiger partial charge in [-0.25, -0.2) is 0 Å². The molecule has 0 amide bonds. The molecule has 0 heterocycles. The summed E-state index contributed by atoms with van der Waals surface area (Å²) in [5.74, 6) is 1.59. The smallest absolute Gasteiger partial charge is 0.119 e. The van der Waals surface area contributed by atoms with E-state index in [4.69, 9.17) is 19.9 Å². The first kappa shape index (κ1) is 15.4. The zero-order valence-electron chi connectivity index (χ0n) is 12.4. The average Bonchev–Trinajstić information content (AvgIpc) is 2.53. The molecule has 2 N–H and O–H groups in total. The monoisotopic (exact) mass is 287 g/mol. The maximum atomic E-state index is 6.16. The molecule has 0 saturated heterocycles. The van der Waals surface area contributed by atoms with Crippen molar-refractivity contribution in [3.63, 3.8) is 0 Å². The lowest BCUT2D eigenvalue weighted by molar-refractivity contribution is 0.184. The first-order chi connectivity index (χ1) is 10.2. The quantitative estimate of drug-likeness (QED) is 0.850. The van der Waals surface area contributed by atoms with Gasteiger partial charge in [-0.2, -0.15) is 0 Å². The summed E-state index contributed by atoms with van der Waals surface area (Å²) in [6.07, 6.45) is 0. The van der Waals surface area contributed by atoms with Crippen LogP contribution in [0.15, 0.2) is 48.5 Å². The molecule has 2 rings (SSSR count). The number of benzene rings is 2. The molecule has 2 aromatic rings. The van der Waals surface area contributed by atoms with E-state index in [-0.39, 0.29) is 6.04 Å². The second-order valence-corrected chi connectivity index (χ2v) is 4.77. The van der Waals surface area contributed by atoms with Crippen molar-refractivity contribution in [1.82, 2.24) is 0 Å². The van der Waals surface area contributed by atoms with Crippen molar-refractivity contribution in [3.8, 4) is 11.5 Å². The highest BCUT2D eigenvalue weighted by Gasteiger charge is 2.08. The zero-order valence-corrected chi connectivity index (χ0v) is 12.4. The second kappa shape index (κ2) is 7.67. The third kappa shape index (κ3) is 4.48. The molecular formula is C17H21NO3. The minimum absolute atomic E-state index is 0.203. The number of rotatable bonds is 7. The van der Waals surface area contributed by atoms with Crippen LogP contribution in [0, 0.1) is 0 Å². The van der Waals surface area contributed by atoms with E-state index in [9.17, 15) is 0 Å². The van der Waals surface area contributed by atoms with E-state index < -0.39 is 0 Å². The molecule has 0 fully saturated rings. The summed E-state index contributed by atoms with van der Waals surface area (Å²) in [6, 6.07) is 15.3. The number of hydrogen-bond donors (Lipinski definition) is 1. The van der Waals surface area contributed by atoms with E-state index in [1.807, 2.05) is 48.5 Å². The van der Waals surface area contributed by atoms with Gasteiger partial charge in [0.1, 0.15) is 18.1 Å². The Morgan fingerprint density at radius 3 is 2.52 bits per heavy atom. The Labute approximate surface area is 125 Å². The summed E-state index contributed by atoms with van der Waals surface area (Å²) in [5, 5.41) is 0. The second-order valence-electron chi connectivity index (χ2n) is 4.77. The van der Waals surface area contributed by atoms with Crippen LogP contribution >= 0.6 is 0 Å². The molecule has 0 aromatic heterocycles. The van der Waals surface area contributed by atoms with Crippen molar-refractivity contribution in [1.29, 1.82) is 0 Å². The van der Waals surface area contributed by atoms with Crippen molar-refractivity contribution in [2.24, 2.45) is 5.73 Å². The Morgan fingerprint density at radius 1 is 1.00 bits per heavy atom. The lowest BCUT2D eigenvalue weighted by atomic mass is 10.1. The van der Waals surface area contributed by atoms with Crippen LogP contribution in [0.1, 0.15) is 17.2 Å². The summed E-state index contributed by atoms with van der Waals surface area (Å²) < 4.78 is 16.1. The summed E-state index contributed by atoms with van der Waals surface area (Å²) in [6.45, 7) is 0.975. The molecule has 0 bridgehead atoms. The van der Waals surface area contributed by atoms with Crippen molar-refractivity contribution >= 4 is 0 Å². The van der Waals surface area contributed by atoms with Gasteiger partial charge in [-0.3, -0.25) is 0 Å². The Morgan fingerprint density at radius 2 is 1.76 bits per heavy atom. The van der Waals surface area contributed by atoms with Gasteiger partial charge in [-0.05, 0) is 35.4 Å². The average molecular weight is 287 g/mol. The fraction of sp³-hybridized carbons (Fsp3) is 0.294. The van der Waals surface area contributed by atoms with E-state index in [1.54, 1.807) is 14.2 Å². The molecule has 0 spiro atoms. The van der Waals surface area contributed by atoms with Crippen molar-refractivity contribution in [2.75, 3.05) is 20.8 Å². The van der Waals surface area contributed by atoms with Crippen molar-refractivity contribution in [2.45, 2.75) is 12.6 Å². The highest BCUT2D eigenvalue weighted by molar-refractivity contribution is 5.31. The van der Waals surface area contributed by atoms with Crippen molar-refractivity contribution in [3.05, 3.63) is 59.7 Å². The highest BCUT2D eigenvalue weighted by atomic mass is 16.5. The SMILES string of the molecule is COCc1cccc(OCC(N)c2cccc(OC)c2)c1. The van der Waals surface area contributed by atoms with E-state index in [1.165, 1.54) is 0 Å². The molecule has 4 nitrogen and oxygen atoms in total. The first-order valence-corrected chi connectivity index (χ1v) is 6.83. The molecule has 21 heavy (non-hydrogen) atoms. The number of ether oxygens (including phenoxy) is 3. The lowest BCUT2D eigenvalue weighted by Gasteiger charge is -2.15. The standard InChI is InChI=1S/C17H21NO3/c1-19-11-13-5-3-8-16(9-13)21-12-17(18)14-6-4-7-15(10-14)20-2/h3-10,17H,11-12,18H2,1-2H3. The van der Waals surface area contributed by atoms with E-state index in [0.717, 1.165) is 22.6 Å². The highest BCUT2D eigenvalue weighted by Crippen LogP contribution is 2.20. The zero-order chi connectivity index (χ0) is 15.1. The maximum Gasteiger partial charge on any atom is 0.119 e. The van der Waals surface area contributed by atoms with Gasteiger partial charge in [0.25, 0.3) is 0 Å². The van der Waals surface area contributed by atoms with Crippen LogP contribution in [0.25, 0.3) is 0 Å². The van der Waals surface area contributed by atoms with E-state index >= 15 is 0 Å². The van der Waals surface area contributed by atoms with Gasteiger partial charge < -0.3 is 19.9 Å². The fourth-order valence-electron chi connectivity index (χ4n) is 2.05. The van der Waals surface area contributed by atoms with Crippen LogP contribution < -0.4 is 15.2 Å². The summed E-state index contributed by atoms with van der Waals surface area (Å²) in [7, 11) is 3.31. The summed E-state index contributed by atoms with van der Waals surface area (Å²) >= 11 is 0. The number of hydrogen-bond acceptors (Lipinski definition) is 4. The third-order valence-corrected chi connectivity index (χ3v) is 3.16. The van der Waals surface area contributed by atoms with Crippen LogP contribution in [0.4, 0.5) is 0 Å². The lowest BCUT2D eigenvalue weighted by Crippen LogP contribution is -2.19. The Hall–Kier alpha value is -2.04. The maximum absolute atomic E-state index is 6.16. The van der Waals surface area contributed by atoms with Gasteiger partial charge in [-0.15, -0.1) is 0 Å². The normalized spacial score (nSPS) is 12.0. The minimum atomic E-state index is -0.203. The van der Waals surface area contributed by atoms with Gasteiger partial charge in [0, 0.05) is 7.11 Å². The molecule has 0 aliphatic rings. The topological polar surface area (TPSA) is 53.7 Å².